The first-order valence-corrected chi connectivity index (χ1v) is 11.7. The molecule has 1 unspecified atom stereocenters. The Morgan fingerprint density at radius 2 is 1.47 bits per heavy atom. The number of carbonyl (C=O) groups excluding carboxylic acids is 1. The zero-order valence-electron chi connectivity index (χ0n) is 19.4. The van der Waals surface area contributed by atoms with Gasteiger partial charge in [-0.05, 0) is 37.6 Å². The van der Waals surface area contributed by atoms with Crippen LogP contribution in [0.2, 0.25) is 0 Å². The number of methoxy groups -OCH3 is 4. The molecule has 0 saturated heterocycles. The Kier molecular flexibility index (Phi) is 8.20. The number of anilines is 1. The Hall–Kier alpha value is -3.14. The normalized spacial score (nSPS) is 12.0. The van der Waals surface area contributed by atoms with Crippen molar-refractivity contribution in [1.29, 1.82) is 0 Å². The number of sulfonamides is 1. The molecule has 0 bridgehead atoms. The first-order valence-electron chi connectivity index (χ1n) is 9.87. The molecule has 2 aromatic rings. The van der Waals surface area contributed by atoms with Gasteiger partial charge in [0.1, 0.15) is 0 Å². The summed E-state index contributed by atoms with van der Waals surface area (Å²) in [5.74, 6) is 1.26. The van der Waals surface area contributed by atoms with E-state index in [1.807, 2.05) is 13.0 Å². The van der Waals surface area contributed by atoms with Crippen LogP contribution in [0.25, 0.3) is 0 Å². The Bertz CT molecular complexity index is 1070. The molecule has 0 saturated carbocycles. The van der Waals surface area contributed by atoms with Gasteiger partial charge in [0.15, 0.2) is 23.0 Å². The van der Waals surface area contributed by atoms with E-state index in [-0.39, 0.29) is 17.8 Å². The van der Waals surface area contributed by atoms with E-state index in [0.717, 1.165) is 16.1 Å². The van der Waals surface area contributed by atoms with Crippen LogP contribution in [-0.2, 0) is 10.0 Å². The maximum atomic E-state index is 13.3. The van der Waals surface area contributed by atoms with Gasteiger partial charge >= 0.3 is 0 Å². The molecule has 0 heterocycles. The second kappa shape index (κ2) is 10.4. The van der Waals surface area contributed by atoms with E-state index < -0.39 is 22.0 Å². The lowest BCUT2D eigenvalue weighted by Gasteiger charge is -2.25. The number of benzene rings is 2. The van der Waals surface area contributed by atoms with Gasteiger partial charge in [0.2, 0.25) is 10.0 Å². The van der Waals surface area contributed by atoms with E-state index in [1.54, 1.807) is 26.2 Å². The number of nitrogens with zero attached hydrogens (tertiary/aromatic N) is 1. The molecule has 0 spiro atoms. The highest BCUT2D eigenvalue weighted by atomic mass is 32.2. The van der Waals surface area contributed by atoms with E-state index in [4.69, 9.17) is 18.9 Å². The molecule has 0 aliphatic heterocycles. The first kappa shape index (κ1) is 25.1. The van der Waals surface area contributed by atoms with Crippen molar-refractivity contribution in [2.45, 2.75) is 19.9 Å². The zero-order chi connectivity index (χ0) is 24.1. The Morgan fingerprint density at radius 1 is 0.938 bits per heavy atom. The number of carbonyl (C=O) groups is 1. The van der Waals surface area contributed by atoms with Crippen LogP contribution >= 0.6 is 0 Å². The molecule has 1 atom stereocenters. The van der Waals surface area contributed by atoms with Gasteiger partial charge in [-0.15, -0.1) is 0 Å². The lowest BCUT2D eigenvalue weighted by Crippen LogP contribution is -2.33. The number of hydrogen-bond donors (Lipinski definition) is 1. The molecular formula is C22H30N2O7S. The van der Waals surface area contributed by atoms with Crippen LogP contribution in [0.4, 0.5) is 5.69 Å². The van der Waals surface area contributed by atoms with E-state index in [1.165, 1.54) is 33.5 Å². The minimum atomic E-state index is -3.64. The van der Waals surface area contributed by atoms with E-state index in [0.29, 0.717) is 23.0 Å². The Morgan fingerprint density at radius 3 is 1.97 bits per heavy atom. The van der Waals surface area contributed by atoms with Crippen LogP contribution in [0, 0.1) is 0 Å². The highest BCUT2D eigenvalue weighted by molar-refractivity contribution is 7.92. The molecule has 2 aromatic carbocycles. The third-order valence-corrected chi connectivity index (χ3v) is 6.21. The maximum absolute atomic E-state index is 13.3. The van der Waals surface area contributed by atoms with Crippen LogP contribution in [0.1, 0.15) is 35.8 Å². The minimum absolute atomic E-state index is 0.139. The molecule has 32 heavy (non-hydrogen) atoms. The van der Waals surface area contributed by atoms with E-state index in [2.05, 4.69) is 5.32 Å². The van der Waals surface area contributed by atoms with Gasteiger partial charge in [0.25, 0.3) is 5.91 Å². The molecule has 0 aliphatic carbocycles. The molecule has 0 aromatic heterocycles. The minimum Gasteiger partial charge on any atom is -0.493 e. The molecule has 1 N–H and O–H groups in total. The Balaban J connectivity index is 2.50. The largest absolute Gasteiger partial charge is 0.493 e. The van der Waals surface area contributed by atoms with Crippen LogP contribution < -0.4 is 28.6 Å². The number of rotatable bonds is 10. The van der Waals surface area contributed by atoms with Crippen LogP contribution in [0.3, 0.4) is 0 Å². The Labute approximate surface area is 189 Å². The predicted molar refractivity (Wildman–Crippen MR) is 123 cm³/mol. The summed E-state index contributed by atoms with van der Waals surface area (Å²) in [5, 5.41) is 2.91. The fraction of sp³-hybridized carbons (Fsp3) is 0.409. The molecule has 2 rings (SSSR count). The summed E-state index contributed by atoms with van der Waals surface area (Å²) >= 11 is 0. The molecule has 9 nitrogen and oxygen atoms in total. The van der Waals surface area contributed by atoms with Crippen molar-refractivity contribution in [3.05, 3.63) is 41.5 Å². The predicted octanol–water partition coefficient (Wildman–Crippen LogP) is 3.00. The van der Waals surface area contributed by atoms with Gasteiger partial charge < -0.3 is 24.3 Å². The third kappa shape index (κ3) is 5.37. The van der Waals surface area contributed by atoms with Crippen LogP contribution in [0.5, 0.6) is 23.0 Å². The van der Waals surface area contributed by atoms with Gasteiger partial charge in [0, 0.05) is 12.6 Å². The maximum Gasteiger partial charge on any atom is 0.254 e. The van der Waals surface area contributed by atoms with Crippen molar-refractivity contribution >= 4 is 21.6 Å². The molecule has 0 aliphatic rings. The van der Waals surface area contributed by atoms with Crippen molar-refractivity contribution in [1.82, 2.24) is 5.32 Å². The fourth-order valence-corrected chi connectivity index (χ4v) is 4.30. The van der Waals surface area contributed by atoms with Crippen molar-refractivity contribution in [3.63, 3.8) is 0 Å². The standard InChI is InChI=1S/C22H30N2O7S/c1-8-24(32(7,26)27)17-13-21(31-6)20(30-5)12-16(17)22(25)23-14(2)15-9-10-18(28-3)19(11-15)29-4/h9-14H,8H2,1-7H3,(H,23,25). The monoisotopic (exact) mass is 466 g/mol. The highest BCUT2D eigenvalue weighted by Crippen LogP contribution is 2.36. The van der Waals surface area contributed by atoms with Crippen LogP contribution in [0.15, 0.2) is 30.3 Å². The van der Waals surface area contributed by atoms with Crippen LogP contribution in [-0.4, -0.2) is 55.6 Å². The zero-order valence-corrected chi connectivity index (χ0v) is 20.2. The number of nitrogens with one attached hydrogen (secondary N) is 1. The third-order valence-electron chi connectivity index (χ3n) is 4.96. The van der Waals surface area contributed by atoms with Gasteiger partial charge in [0.05, 0.1) is 52.0 Å². The van der Waals surface area contributed by atoms with E-state index in [9.17, 15) is 13.2 Å². The number of ether oxygens (including phenoxy) is 4. The SMILES string of the molecule is CCN(c1cc(OC)c(OC)cc1C(=O)NC(C)c1ccc(OC)c(OC)c1)S(C)(=O)=O. The van der Waals surface area contributed by atoms with Gasteiger partial charge in [-0.1, -0.05) is 6.07 Å². The van der Waals surface area contributed by atoms with Gasteiger partial charge in [-0.25, -0.2) is 8.42 Å². The molecule has 0 radical (unpaired) electrons. The van der Waals surface area contributed by atoms with Gasteiger partial charge in [-0.2, -0.15) is 0 Å². The quantitative estimate of drug-likeness (QED) is 0.574. The summed E-state index contributed by atoms with van der Waals surface area (Å²) in [6.07, 6.45) is 1.08. The lowest BCUT2D eigenvalue weighted by molar-refractivity contribution is 0.0940. The summed E-state index contributed by atoms with van der Waals surface area (Å²) in [7, 11) is 2.32. The lowest BCUT2D eigenvalue weighted by atomic mass is 10.1. The summed E-state index contributed by atoms with van der Waals surface area (Å²) < 4.78 is 47.1. The topological polar surface area (TPSA) is 103 Å². The average Bonchev–Trinajstić information content (AvgIpc) is 2.77. The smallest absolute Gasteiger partial charge is 0.254 e. The molecule has 176 valence electrons. The van der Waals surface area contributed by atoms with Crippen molar-refractivity contribution in [2.24, 2.45) is 0 Å². The molecule has 1 amide bonds. The summed E-state index contributed by atoms with van der Waals surface area (Å²) in [5.41, 5.74) is 1.13. The molecule has 10 heteroatoms. The number of hydrogen-bond acceptors (Lipinski definition) is 7. The number of amides is 1. The van der Waals surface area contributed by atoms with Crippen molar-refractivity contribution in [3.8, 4) is 23.0 Å². The molecular weight excluding hydrogens is 436 g/mol. The summed E-state index contributed by atoms with van der Waals surface area (Å²) in [4.78, 5) is 13.3. The second-order valence-electron chi connectivity index (χ2n) is 6.96. The second-order valence-corrected chi connectivity index (χ2v) is 8.87. The molecule has 0 fully saturated rings. The highest BCUT2D eigenvalue weighted by Gasteiger charge is 2.26. The summed E-state index contributed by atoms with van der Waals surface area (Å²) in [6.45, 7) is 3.64. The van der Waals surface area contributed by atoms with Gasteiger partial charge in [-0.3, -0.25) is 9.10 Å². The van der Waals surface area contributed by atoms with Crippen molar-refractivity contribution in [2.75, 3.05) is 45.5 Å². The first-order chi connectivity index (χ1) is 15.1. The summed E-state index contributed by atoms with van der Waals surface area (Å²) in [6, 6.07) is 7.89. The van der Waals surface area contributed by atoms with E-state index >= 15 is 0 Å². The van der Waals surface area contributed by atoms with Crippen molar-refractivity contribution < 1.29 is 32.2 Å². The fourth-order valence-electron chi connectivity index (χ4n) is 3.32. The average molecular weight is 467 g/mol.